The molecule has 2 N–H and O–H groups in total. The molecular formula is C22H23ClN4O3. The van der Waals surface area contributed by atoms with Gasteiger partial charge in [0, 0.05) is 19.0 Å². The summed E-state index contributed by atoms with van der Waals surface area (Å²) in [6.07, 6.45) is 4.06. The molecule has 1 aliphatic rings. The Labute approximate surface area is 179 Å². The fourth-order valence-electron chi connectivity index (χ4n) is 3.48. The monoisotopic (exact) mass is 426 g/mol. The molecule has 7 nitrogen and oxygen atoms in total. The van der Waals surface area contributed by atoms with Crippen molar-refractivity contribution in [1.29, 1.82) is 0 Å². The van der Waals surface area contributed by atoms with Crippen LogP contribution >= 0.6 is 11.6 Å². The smallest absolute Gasteiger partial charge is 0.270 e. The van der Waals surface area contributed by atoms with E-state index in [1.165, 1.54) is 0 Å². The summed E-state index contributed by atoms with van der Waals surface area (Å²) in [4.78, 5) is 17.0. The first-order chi connectivity index (χ1) is 14.5. The van der Waals surface area contributed by atoms with Crippen LogP contribution in [0.4, 0.5) is 0 Å². The molecule has 2 atom stereocenters. The first-order valence-corrected chi connectivity index (χ1v) is 10.2. The lowest BCUT2D eigenvalue weighted by molar-refractivity contribution is -0.0140. The molecule has 0 spiro atoms. The molecule has 0 radical (unpaired) electrons. The molecule has 1 saturated heterocycles. The van der Waals surface area contributed by atoms with Crippen LogP contribution in [0.25, 0.3) is 5.69 Å². The number of nitrogens with zero attached hydrogens (tertiary/aromatic N) is 3. The summed E-state index contributed by atoms with van der Waals surface area (Å²) in [7, 11) is 0. The molecule has 1 amide bonds. The maximum absolute atomic E-state index is 12.7. The highest BCUT2D eigenvalue weighted by molar-refractivity contribution is 6.32. The maximum atomic E-state index is 12.7. The molecule has 1 aromatic carbocycles. The molecule has 1 aliphatic heterocycles. The van der Waals surface area contributed by atoms with E-state index >= 15 is 0 Å². The van der Waals surface area contributed by atoms with Gasteiger partial charge in [-0.1, -0.05) is 23.7 Å². The van der Waals surface area contributed by atoms with Crippen molar-refractivity contribution in [3.8, 4) is 5.69 Å². The third-order valence-corrected chi connectivity index (χ3v) is 5.68. The van der Waals surface area contributed by atoms with Crippen molar-refractivity contribution in [3.05, 3.63) is 76.3 Å². The van der Waals surface area contributed by atoms with Gasteiger partial charge >= 0.3 is 0 Å². The van der Waals surface area contributed by atoms with Crippen LogP contribution in [-0.4, -0.2) is 51.1 Å². The van der Waals surface area contributed by atoms with E-state index in [4.69, 9.17) is 16.3 Å². The van der Waals surface area contributed by atoms with Gasteiger partial charge in [-0.05, 0) is 55.2 Å². The van der Waals surface area contributed by atoms with E-state index in [9.17, 15) is 9.90 Å². The van der Waals surface area contributed by atoms with Gasteiger partial charge in [-0.3, -0.25) is 4.79 Å². The van der Waals surface area contributed by atoms with E-state index in [2.05, 4.69) is 15.4 Å². The van der Waals surface area contributed by atoms with E-state index in [1.54, 1.807) is 23.9 Å². The van der Waals surface area contributed by atoms with E-state index in [0.717, 1.165) is 16.8 Å². The van der Waals surface area contributed by atoms with Crippen LogP contribution in [0.5, 0.6) is 0 Å². The Kier molecular flexibility index (Phi) is 6.13. The first kappa shape index (κ1) is 20.5. The van der Waals surface area contributed by atoms with Crippen molar-refractivity contribution in [2.24, 2.45) is 0 Å². The van der Waals surface area contributed by atoms with Crippen molar-refractivity contribution in [1.82, 2.24) is 20.1 Å². The highest BCUT2D eigenvalue weighted by Crippen LogP contribution is 2.24. The van der Waals surface area contributed by atoms with Crippen molar-refractivity contribution >= 4 is 17.5 Å². The van der Waals surface area contributed by atoms with Crippen molar-refractivity contribution < 1.29 is 14.6 Å². The Balaban J connectivity index is 1.52. The number of halogens is 1. The number of carbonyl (C=O) groups is 1. The van der Waals surface area contributed by atoms with Crippen LogP contribution in [0.15, 0.2) is 48.8 Å². The minimum Gasteiger partial charge on any atom is -0.391 e. The Hall–Kier alpha value is -2.74. The number of aliphatic hydroxyl groups excluding tert-OH is 1. The topological polar surface area (TPSA) is 89.3 Å². The van der Waals surface area contributed by atoms with Gasteiger partial charge in [-0.2, -0.15) is 5.10 Å². The maximum Gasteiger partial charge on any atom is 0.270 e. The molecule has 30 heavy (non-hydrogen) atoms. The molecule has 3 heterocycles. The average molecular weight is 427 g/mol. The van der Waals surface area contributed by atoms with Crippen LogP contribution in [0.1, 0.15) is 33.7 Å². The van der Waals surface area contributed by atoms with E-state index < -0.39 is 12.1 Å². The number of carbonyl (C=O) groups excluding carboxylic acids is 1. The Morgan fingerprint density at radius 1 is 1.37 bits per heavy atom. The lowest BCUT2D eigenvalue weighted by Crippen LogP contribution is -2.49. The highest BCUT2D eigenvalue weighted by atomic mass is 35.5. The number of aliphatic hydroxyl groups is 1. The normalized spacial score (nSPS) is 18.9. The third-order valence-electron chi connectivity index (χ3n) is 5.17. The predicted molar refractivity (Wildman–Crippen MR) is 113 cm³/mol. The fraction of sp³-hybridized carbons (Fsp3) is 0.318. The minimum absolute atomic E-state index is 0.276. The summed E-state index contributed by atoms with van der Waals surface area (Å²) >= 11 is 6.48. The molecule has 0 aliphatic carbocycles. The summed E-state index contributed by atoms with van der Waals surface area (Å²) < 4.78 is 7.14. The lowest BCUT2D eigenvalue weighted by atomic mass is 10.0. The van der Waals surface area contributed by atoms with Gasteiger partial charge in [0.05, 0.1) is 35.2 Å². The number of benzene rings is 1. The molecule has 3 aromatic rings. The summed E-state index contributed by atoms with van der Waals surface area (Å²) in [5, 5.41) is 17.6. The van der Waals surface area contributed by atoms with Crippen LogP contribution in [0, 0.1) is 6.92 Å². The number of nitrogens with one attached hydrogen (secondary N) is 1. The zero-order valence-corrected chi connectivity index (χ0v) is 17.3. The summed E-state index contributed by atoms with van der Waals surface area (Å²) in [5.74, 6) is -0.348. The number of hydrogen-bond donors (Lipinski definition) is 2. The van der Waals surface area contributed by atoms with Gasteiger partial charge in [0.25, 0.3) is 5.91 Å². The summed E-state index contributed by atoms with van der Waals surface area (Å²) in [6, 6.07) is 11.1. The molecule has 0 unspecified atom stereocenters. The zero-order chi connectivity index (χ0) is 21.1. The van der Waals surface area contributed by atoms with Crippen molar-refractivity contribution in [3.63, 3.8) is 0 Å². The van der Waals surface area contributed by atoms with Crippen LogP contribution in [0.3, 0.4) is 0 Å². The number of ether oxygens (including phenoxy) is 1. The second-order valence-electron chi connectivity index (χ2n) is 7.37. The second kappa shape index (κ2) is 8.95. The molecular weight excluding hydrogens is 404 g/mol. The average Bonchev–Trinajstić information content (AvgIpc) is 3.28. The number of aromatic nitrogens is 3. The fourth-order valence-corrected chi connectivity index (χ4v) is 3.65. The zero-order valence-electron chi connectivity index (χ0n) is 16.6. The van der Waals surface area contributed by atoms with Gasteiger partial charge in [0.15, 0.2) is 0 Å². The van der Waals surface area contributed by atoms with Gasteiger partial charge in [-0.15, -0.1) is 0 Å². The van der Waals surface area contributed by atoms with E-state index in [-0.39, 0.29) is 18.2 Å². The number of rotatable bonds is 5. The van der Waals surface area contributed by atoms with Gasteiger partial charge < -0.3 is 15.2 Å². The van der Waals surface area contributed by atoms with Gasteiger partial charge in [0.2, 0.25) is 0 Å². The van der Waals surface area contributed by atoms with Crippen molar-refractivity contribution in [2.75, 3.05) is 13.2 Å². The van der Waals surface area contributed by atoms with Crippen molar-refractivity contribution in [2.45, 2.75) is 31.9 Å². The number of aryl methyl sites for hydroxylation is 1. The highest BCUT2D eigenvalue weighted by Gasteiger charge is 2.26. The largest absolute Gasteiger partial charge is 0.391 e. The molecule has 156 valence electrons. The summed E-state index contributed by atoms with van der Waals surface area (Å²) in [5.41, 5.74) is 3.71. The predicted octanol–water partition coefficient (Wildman–Crippen LogP) is 2.70. The lowest BCUT2D eigenvalue weighted by Gasteiger charge is -2.28. The molecule has 1 fully saturated rings. The summed E-state index contributed by atoms with van der Waals surface area (Å²) in [6.45, 7) is 2.56. The second-order valence-corrected chi connectivity index (χ2v) is 7.75. The van der Waals surface area contributed by atoms with Gasteiger partial charge in [-0.25, -0.2) is 9.67 Å². The Morgan fingerprint density at radius 3 is 2.87 bits per heavy atom. The van der Waals surface area contributed by atoms with E-state index in [1.807, 2.05) is 36.5 Å². The Morgan fingerprint density at radius 2 is 2.17 bits per heavy atom. The molecule has 2 aromatic heterocycles. The minimum atomic E-state index is -0.621. The SMILES string of the molecule is Cc1nc(C(=O)N[C@H]2COCC[C@@H]2O)cc(Cc2ccc(-n3cccn3)cc2)c1Cl. The first-order valence-electron chi connectivity index (χ1n) is 9.83. The molecule has 4 rings (SSSR count). The Bertz CT molecular complexity index is 1020. The molecule has 0 bridgehead atoms. The third kappa shape index (κ3) is 4.53. The quantitative estimate of drug-likeness (QED) is 0.654. The number of amides is 1. The molecule has 8 heteroatoms. The van der Waals surface area contributed by atoms with Crippen LogP contribution in [-0.2, 0) is 11.2 Å². The number of hydrogen-bond acceptors (Lipinski definition) is 5. The van der Waals surface area contributed by atoms with E-state index in [0.29, 0.717) is 30.2 Å². The standard InChI is InChI=1S/C22H23ClN4O3/c1-14-21(23)16(11-15-3-5-17(6-4-15)27-9-2-8-24-27)12-18(25-14)22(29)26-19-13-30-10-7-20(19)28/h2-6,8-9,12,19-20,28H,7,10-11,13H2,1H3,(H,26,29)/t19-,20-/m0/s1. The van der Waals surface area contributed by atoms with Crippen LogP contribution in [0.2, 0.25) is 5.02 Å². The van der Waals surface area contributed by atoms with Crippen LogP contribution < -0.4 is 5.32 Å². The molecule has 0 saturated carbocycles. The van der Waals surface area contributed by atoms with Gasteiger partial charge in [0.1, 0.15) is 5.69 Å². The number of pyridine rings is 1.